The number of amides is 1. The van der Waals surface area contributed by atoms with Crippen molar-refractivity contribution in [3.8, 4) is 0 Å². The first-order valence-corrected chi connectivity index (χ1v) is 9.41. The number of sulfone groups is 1. The summed E-state index contributed by atoms with van der Waals surface area (Å²) >= 11 is 0. The zero-order valence-electron chi connectivity index (χ0n) is 13.4. The van der Waals surface area contributed by atoms with E-state index in [9.17, 15) is 13.2 Å². The molecule has 2 N–H and O–H groups in total. The third-order valence-corrected chi connectivity index (χ3v) is 5.29. The van der Waals surface area contributed by atoms with E-state index >= 15 is 0 Å². The van der Waals surface area contributed by atoms with Crippen LogP contribution in [0.25, 0.3) is 0 Å². The monoisotopic (exact) mass is 341 g/mol. The molecular weight excluding hydrogens is 318 g/mol. The average Bonchev–Trinajstić information content (AvgIpc) is 2.82. The van der Waals surface area contributed by atoms with Crippen molar-refractivity contribution in [3.63, 3.8) is 0 Å². The first-order valence-electron chi connectivity index (χ1n) is 7.59. The Morgan fingerprint density at radius 2 is 2.22 bits per heavy atom. The van der Waals surface area contributed by atoms with E-state index in [4.69, 9.17) is 0 Å². The zero-order chi connectivity index (χ0) is 16.9. The summed E-state index contributed by atoms with van der Waals surface area (Å²) in [5.74, 6) is 0.154. The van der Waals surface area contributed by atoms with Crippen LogP contribution in [0.2, 0.25) is 0 Å². The molecule has 1 saturated heterocycles. The summed E-state index contributed by atoms with van der Waals surface area (Å²) < 4.78 is 22.8. The molecule has 8 nitrogen and oxygen atoms in total. The number of nitrogens with one attached hydrogen (secondary N) is 2. The van der Waals surface area contributed by atoms with Gasteiger partial charge in [-0.05, 0) is 39.5 Å². The van der Waals surface area contributed by atoms with Crippen molar-refractivity contribution < 1.29 is 13.2 Å². The van der Waals surface area contributed by atoms with Gasteiger partial charge in [-0.1, -0.05) is 0 Å². The van der Waals surface area contributed by atoms with Crippen molar-refractivity contribution in [1.29, 1.82) is 0 Å². The second-order valence-electron chi connectivity index (χ2n) is 5.92. The molecule has 9 heteroatoms. The molecule has 2 heterocycles. The molecule has 0 aliphatic carbocycles. The normalized spacial score (nSPS) is 19.7. The minimum absolute atomic E-state index is 0.000530. The standard InChI is InChI=1S/C14H23N5O3S/c1-19(2)8-3-6-15-14-16-7-4-12(18-14)13(20)17-11-5-9-23(21,22)10-11/h4,7,11H,3,5-6,8-10H2,1-2H3,(H,17,20)(H,15,16,18). The van der Waals surface area contributed by atoms with E-state index < -0.39 is 9.84 Å². The van der Waals surface area contributed by atoms with Crippen LogP contribution in [0.5, 0.6) is 0 Å². The quantitative estimate of drug-likeness (QED) is 0.659. The van der Waals surface area contributed by atoms with E-state index in [1.807, 2.05) is 14.1 Å². The van der Waals surface area contributed by atoms with Gasteiger partial charge >= 0.3 is 0 Å². The molecule has 0 saturated carbocycles. The van der Waals surface area contributed by atoms with Gasteiger partial charge < -0.3 is 15.5 Å². The summed E-state index contributed by atoms with van der Waals surface area (Å²) in [4.78, 5) is 22.5. The van der Waals surface area contributed by atoms with Crippen LogP contribution in [-0.4, -0.2) is 73.9 Å². The van der Waals surface area contributed by atoms with Crippen molar-refractivity contribution in [2.75, 3.05) is 44.0 Å². The third-order valence-electron chi connectivity index (χ3n) is 3.52. The fourth-order valence-electron chi connectivity index (χ4n) is 2.33. The molecule has 2 rings (SSSR count). The number of hydrogen-bond acceptors (Lipinski definition) is 7. The zero-order valence-corrected chi connectivity index (χ0v) is 14.3. The first kappa shape index (κ1) is 17.6. The highest BCUT2D eigenvalue weighted by Crippen LogP contribution is 2.12. The van der Waals surface area contributed by atoms with Crippen LogP contribution in [0, 0.1) is 0 Å². The predicted molar refractivity (Wildman–Crippen MR) is 88.2 cm³/mol. The Morgan fingerprint density at radius 1 is 1.43 bits per heavy atom. The number of carbonyl (C=O) groups is 1. The van der Waals surface area contributed by atoms with Gasteiger partial charge in [0, 0.05) is 18.8 Å². The van der Waals surface area contributed by atoms with Crippen LogP contribution in [-0.2, 0) is 9.84 Å². The van der Waals surface area contributed by atoms with Crippen molar-refractivity contribution in [1.82, 2.24) is 20.2 Å². The third kappa shape index (κ3) is 5.76. The van der Waals surface area contributed by atoms with E-state index in [1.54, 1.807) is 0 Å². The summed E-state index contributed by atoms with van der Waals surface area (Å²) in [7, 11) is 0.992. The molecule has 1 amide bonds. The lowest BCUT2D eigenvalue weighted by molar-refractivity contribution is 0.0936. The van der Waals surface area contributed by atoms with Crippen molar-refractivity contribution >= 4 is 21.7 Å². The maximum atomic E-state index is 12.2. The number of anilines is 1. The molecule has 1 aliphatic rings. The summed E-state index contributed by atoms with van der Waals surface area (Å²) in [5.41, 5.74) is 0.236. The molecule has 0 aromatic carbocycles. The molecule has 1 aromatic heterocycles. The van der Waals surface area contributed by atoms with Crippen LogP contribution >= 0.6 is 0 Å². The van der Waals surface area contributed by atoms with E-state index in [2.05, 4.69) is 25.5 Å². The number of nitrogens with zero attached hydrogens (tertiary/aromatic N) is 3. The Balaban J connectivity index is 1.87. The molecule has 23 heavy (non-hydrogen) atoms. The Labute approximate surface area is 136 Å². The maximum absolute atomic E-state index is 12.2. The van der Waals surface area contributed by atoms with Gasteiger partial charge in [-0.3, -0.25) is 4.79 Å². The lowest BCUT2D eigenvalue weighted by atomic mass is 10.2. The minimum Gasteiger partial charge on any atom is -0.354 e. The van der Waals surface area contributed by atoms with Gasteiger partial charge in [0.05, 0.1) is 11.5 Å². The molecule has 1 fully saturated rings. The van der Waals surface area contributed by atoms with E-state index in [0.717, 1.165) is 13.0 Å². The number of rotatable bonds is 7. The van der Waals surface area contributed by atoms with E-state index in [0.29, 0.717) is 18.9 Å². The topological polar surface area (TPSA) is 104 Å². The summed E-state index contributed by atoms with van der Waals surface area (Å²) in [6.45, 7) is 1.66. The summed E-state index contributed by atoms with van der Waals surface area (Å²) in [6.07, 6.45) is 2.91. The van der Waals surface area contributed by atoms with E-state index in [1.165, 1.54) is 12.3 Å². The maximum Gasteiger partial charge on any atom is 0.270 e. The minimum atomic E-state index is -3.02. The molecule has 128 valence electrons. The van der Waals surface area contributed by atoms with Gasteiger partial charge in [-0.2, -0.15) is 0 Å². The molecule has 0 spiro atoms. The van der Waals surface area contributed by atoms with Crippen LogP contribution in [0.15, 0.2) is 12.3 Å². The van der Waals surface area contributed by atoms with Gasteiger partial charge in [-0.15, -0.1) is 0 Å². The molecular formula is C14H23N5O3S. The second-order valence-corrected chi connectivity index (χ2v) is 8.15. The predicted octanol–water partition coefficient (Wildman–Crippen LogP) is -0.243. The summed E-state index contributed by atoms with van der Waals surface area (Å²) in [6, 6.07) is 1.18. The molecule has 1 aromatic rings. The number of carbonyl (C=O) groups excluding carboxylic acids is 1. The van der Waals surface area contributed by atoms with E-state index in [-0.39, 0.29) is 29.1 Å². The Kier molecular flexibility index (Phi) is 5.89. The van der Waals surface area contributed by atoms with Gasteiger partial charge in [0.1, 0.15) is 5.69 Å². The van der Waals surface area contributed by atoms with Crippen molar-refractivity contribution in [2.24, 2.45) is 0 Å². The second kappa shape index (κ2) is 7.69. The highest BCUT2D eigenvalue weighted by Gasteiger charge is 2.29. The highest BCUT2D eigenvalue weighted by atomic mass is 32.2. The van der Waals surface area contributed by atoms with Crippen LogP contribution in [0.4, 0.5) is 5.95 Å². The van der Waals surface area contributed by atoms with Crippen molar-refractivity contribution in [3.05, 3.63) is 18.0 Å². The number of aromatic nitrogens is 2. The van der Waals surface area contributed by atoms with Gasteiger partial charge in [0.15, 0.2) is 9.84 Å². The molecule has 1 atom stereocenters. The summed E-state index contributed by atoms with van der Waals surface area (Å²) in [5, 5.41) is 5.79. The molecule has 1 unspecified atom stereocenters. The number of hydrogen-bond donors (Lipinski definition) is 2. The lowest BCUT2D eigenvalue weighted by Crippen LogP contribution is -2.36. The fraction of sp³-hybridized carbons (Fsp3) is 0.643. The Morgan fingerprint density at radius 3 is 2.87 bits per heavy atom. The Bertz CT molecular complexity index is 648. The Hall–Kier alpha value is -1.74. The highest BCUT2D eigenvalue weighted by molar-refractivity contribution is 7.91. The lowest BCUT2D eigenvalue weighted by Gasteiger charge is -2.12. The average molecular weight is 341 g/mol. The van der Waals surface area contributed by atoms with Crippen LogP contribution in [0.1, 0.15) is 23.3 Å². The molecule has 0 bridgehead atoms. The van der Waals surface area contributed by atoms with Crippen LogP contribution in [0.3, 0.4) is 0 Å². The van der Waals surface area contributed by atoms with Gasteiger partial charge in [-0.25, -0.2) is 18.4 Å². The molecule has 0 radical (unpaired) electrons. The van der Waals surface area contributed by atoms with Gasteiger partial charge in [0.25, 0.3) is 5.91 Å². The fourth-order valence-corrected chi connectivity index (χ4v) is 4.01. The largest absolute Gasteiger partial charge is 0.354 e. The SMILES string of the molecule is CN(C)CCCNc1nccc(C(=O)NC2CCS(=O)(=O)C2)n1. The van der Waals surface area contributed by atoms with Crippen molar-refractivity contribution in [2.45, 2.75) is 18.9 Å². The van der Waals surface area contributed by atoms with Crippen LogP contribution < -0.4 is 10.6 Å². The van der Waals surface area contributed by atoms with Gasteiger partial charge in [0.2, 0.25) is 5.95 Å². The smallest absolute Gasteiger partial charge is 0.270 e. The first-order chi connectivity index (χ1) is 10.9. The molecule has 1 aliphatic heterocycles.